The molecule has 0 spiro atoms. The van der Waals surface area contributed by atoms with Crippen molar-refractivity contribution in [1.29, 1.82) is 0 Å². The van der Waals surface area contributed by atoms with Gasteiger partial charge >= 0.3 is 131 Å². The topological polar surface area (TPSA) is 9.86 Å². The van der Waals surface area contributed by atoms with Crippen LogP contribution in [0.4, 0.5) is 25.2 Å². The molecule has 0 saturated carbocycles. The molecule has 0 N–H and O–H groups in total. The van der Waals surface area contributed by atoms with Crippen LogP contribution in [0.25, 0.3) is 0 Å². The van der Waals surface area contributed by atoms with Crippen molar-refractivity contribution < 1.29 is 45.8 Å². The van der Waals surface area contributed by atoms with E-state index in [4.69, 9.17) is 0 Å². The Kier molecular flexibility index (Phi) is 4.97. The van der Waals surface area contributed by atoms with Crippen LogP contribution in [0.3, 0.4) is 0 Å². The van der Waals surface area contributed by atoms with Gasteiger partial charge in [0.2, 0.25) is 0 Å². The number of hydrogen-bond donors (Lipinski definition) is 0. The molecule has 0 saturated heterocycles. The molecule has 1 heterocycles. The summed E-state index contributed by atoms with van der Waals surface area (Å²) in [5.41, 5.74) is 0.307. The quantitative estimate of drug-likeness (QED) is 0.216. The second-order valence-electron chi connectivity index (χ2n) is 6.57. The molecule has 134 valence electrons. The van der Waals surface area contributed by atoms with Crippen LogP contribution in [0.15, 0.2) is 12.4 Å². The summed E-state index contributed by atoms with van der Waals surface area (Å²) >= 11 is 2.61. The normalized spacial score (nSPS) is 16.7. The van der Waals surface area contributed by atoms with Gasteiger partial charge in [0.1, 0.15) is 0 Å². The van der Waals surface area contributed by atoms with Crippen LogP contribution in [-0.4, -0.2) is 9.13 Å². The van der Waals surface area contributed by atoms with Crippen molar-refractivity contribution in [3.05, 3.63) is 16.0 Å². The molecule has 0 aliphatic carbocycles. The van der Waals surface area contributed by atoms with Gasteiger partial charge in [0.15, 0.2) is 0 Å². The molecule has 2 nitrogen and oxygen atoms in total. The van der Waals surface area contributed by atoms with Gasteiger partial charge in [-0.3, -0.25) is 0 Å². The molecule has 1 aromatic rings. The van der Waals surface area contributed by atoms with E-state index in [-0.39, 0.29) is 11.1 Å². The van der Waals surface area contributed by atoms with Gasteiger partial charge in [0.05, 0.1) is 0 Å². The van der Waals surface area contributed by atoms with Crippen LogP contribution < -0.4 is 0 Å². The maximum absolute atomic E-state index is 10.7. The molecule has 0 amide bonds. The predicted molar refractivity (Wildman–Crippen MR) is 69.2 cm³/mol. The van der Waals surface area contributed by atoms with Crippen molar-refractivity contribution in [3.63, 3.8) is 0 Å². The minimum absolute atomic E-state index is 0.153. The van der Waals surface area contributed by atoms with Gasteiger partial charge in [0, 0.05) is 0 Å². The van der Waals surface area contributed by atoms with E-state index in [0.29, 0.717) is 0 Å². The summed E-state index contributed by atoms with van der Waals surface area (Å²) in [7, 11) is -10.7. The summed E-state index contributed by atoms with van der Waals surface area (Å²) < 4.78 is 65.0. The van der Waals surface area contributed by atoms with Gasteiger partial charge in [-0.25, -0.2) is 0 Å². The van der Waals surface area contributed by atoms with E-state index in [1.54, 1.807) is 0 Å². The molecular formula is C11H20AuF6N2P-2. The molecule has 0 atom stereocenters. The van der Waals surface area contributed by atoms with Gasteiger partial charge in [-0.2, -0.15) is 0 Å². The van der Waals surface area contributed by atoms with Gasteiger partial charge in [0.25, 0.3) is 0 Å². The molecule has 1 rings (SSSR count). The fourth-order valence-electron chi connectivity index (χ4n) is 1.31. The number of halogens is 6. The number of imidazole rings is 1. The number of aromatic nitrogens is 2. The zero-order valence-electron chi connectivity index (χ0n) is 12.6. The van der Waals surface area contributed by atoms with Crippen LogP contribution in [0.1, 0.15) is 41.5 Å². The Morgan fingerprint density at radius 3 is 1.05 bits per heavy atom. The van der Waals surface area contributed by atoms with E-state index in [2.05, 4.69) is 83.7 Å². The third kappa shape index (κ3) is 10.3. The van der Waals surface area contributed by atoms with E-state index < -0.39 is 7.81 Å². The average Bonchev–Trinajstić information content (AvgIpc) is 2.37. The summed E-state index contributed by atoms with van der Waals surface area (Å²) in [5, 5.41) is 0. The Bertz CT molecular complexity index is 510. The zero-order valence-corrected chi connectivity index (χ0v) is 15.6. The number of rotatable bonds is 0. The Morgan fingerprint density at radius 1 is 0.762 bits per heavy atom. The first-order valence-corrected chi connectivity index (χ1v) is 9.02. The Balaban J connectivity index is 0.000000486. The summed E-state index contributed by atoms with van der Waals surface area (Å²) in [5.74, 6) is 0. The van der Waals surface area contributed by atoms with Gasteiger partial charge in [-0.05, 0) is 0 Å². The predicted octanol–water partition coefficient (Wildman–Crippen LogP) is 6.26. The first-order valence-electron chi connectivity index (χ1n) is 5.91. The average molecular weight is 522 g/mol. The van der Waals surface area contributed by atoms with Gasteiger partial charge < -0.3 is 0 Å². The Morgan fingerprint density at radius 2 is 0.952 bits per heavy atom. The first kappa shape index (κ1) is 21.0. The molecule has 1 aromatic heterocycles. The SMILES string of the molecule is CC(C)(C)n1ccn(C(C)(C)C)[c]1=[Au-].F[P-](F)(F)(F)(F)F. The number of hydrogen-bond acceptors (Lipinski definition) is 0. The third-order valence-corrected chi connectivity index (χ3v) is 3.21. The van der Waals surface area contributed by atoms with Crippen LogP contribution in [0, 0.1) is 3.63 Å². The van der Waals surface area contributed by atoms with Gasteiger partial charge in [-0.15, -0.1) is 0 Å². The monoisotopic (exact) mass is 522 g/mol. The van der Waals surface area contributed by atoms with Crippen molar-refractivity contribution in [2.45, 2.75) is 52.6 Å². The van der Waals surface area contributed by atoms with Crippen molar-refractivity contribution >= 4 is 7.81 Å². The summed E-state index contributed by atoms with van der Waals surface area (Å²) in [6, 6.07) is 0. The van der Waals surface area contributed by atoms with Crippen LogP contribution in [0.2, 0.25) is 0 Å². The van der Waals surface area contributed by atoms with Crippen LogP contribution in [-0.2, 0) is 31.7 Å². The summed E-state index contributed by atoms with van der Waals surface area (Å²) in [6.07, 6.45) is 4.31. The van der Waals surface area contributed by atoms with Crippen molar-refractivity contribution in [1.82, 2.24) is 9.13 Å². The molecule has 0 aliphatic heterocycles. The second kappa shape index (κ2) is 4.98. The third-order valence-electron chi connectivity index (χ3n) is 2.17. The minimum atomic E-state index is -10.7. The molecule has 0 fully saturated rings. The molecule has 21 heavy (non-hydrogen) atoms. The fourth-order valence-corrected chi connectivity index (χ4v) is 3.09. The molecule has 0 radical (unpaired) electrons. The standard InChI is InChI=1S/C11H20N2.Au.F6P/c1-10(2,3)12-7-8-13(9-12)11(4,5)6;;1-7(2,3,4,5)6/h7-8H,1-6H3;;/q;2*-1. The molecule has 0 bridgehead atoms. The molecule has 10 heteroatoms. The molecule has 0 aromatic carbocycles. The van der Waals surface area contributed by atoms with E-state index >= 15 is 0 Å². The summed E-state index contributed by atoms with van der Waals surface area (Å²) in [6.45, 7) is 13.3. The van der Waals surface area contributed by atoms with E-state index in [9.17, 15) is 25.2 Å². The molecular weight excluding hydrogens is 502 g/mol. The fraction of sp³-hybridized carbons (Fsp3) is 0.727. The van der Waals surface area contributed by atoms with Crippen molar-refractivity contribution in [2.75, 3.05) is 0 Å². The number of nitrogens with zero attached hydrogens (tertiary/aromatic N) is 2. The van der Waals surface area contributed by atoms with E-state index in [0.717, 1.165) is 0 Å². The maximum atomic E-state index is 9.87. The zero-order chi connectivity index (χ0) is 17.6. The Labute approximate surface area is 131 Å². The van der Waals surface area contributed by atoms with Gasteiger partial charge in [-0.1, -0.05) is 0 Å². The van der Waals surface area contributed by atoms with Crippen molar-refractivity contribution in [3.8, 4) is 0 Å². The van der Waals surface area contributed by atoms with E-state index in [1.165, 1.54) is 3.63 Å². The van der Waals surface area contributed by atoms with Crippen LogP contribution in [0.5, 0.6) is 0 Å². The van der Waals surface area contributed by atoms with Crippen LogP contribution >= 0.6 is 7.81 Å². The molecule has 0 unspecified atom stereocenters. The Hall–Kier alpha value is -0.0397. The molecule has 0 aliphatic rings. The van der Waals surface area contributed by atoms with Crippen molar-refractivity contribution in [2.24, 2.45) is 0 Å². The second-order valence-corrected chi connectivity index (χ2v) is 9.46. The van der Waals surface area contributed by atoms with E-state index in [1.807, 2.05) is 0 Å². The summed E-state index contributed by atoms with van der Waals surface area (Å²) in [4.78, 5) is 0. The first-order chi connectivity index (χ1) is 8.59.